The number of nitrogens with zero attached hydrogens (tertiary/aromatic N) is 1. The van der Waals surface area contributed by atoms with Gasteiger partial charge in [0.2, 0.25) is 5.91 Å². The fraction of sp³-hybridized carbons (Fsp3) is 0.462. The van der Waals surface area contributed by atoms with Crippen molar-refractivity contribution in [1.29, 1.82) is 0 Å². The second-order valence-electron chi connectivity index (χ2n) is 4.42. The van der Waals surface area contributed by atoms with Crippen LogP contribution in [0.2, 0.25) is 0 Å². The molecule has 3 nitrogen and oxygen atoms in total. The fourth-order valence-corrected chi connectivity index (χ4v) is 2.35. The maximum Gasteiger partial charge on any atom is 0.224 e. The Morgan fingerprint density at radius 1 is 1.44 bits per heavy atom. The van der Waals surface area contributed by atoms with Gasteiger partial charge in [0.1, 0.15) is 0 Å². The zero-order valence-electron chi connectivity index (χ0n) is 10.1. The fourth-order valence-electron chi connectivity index (χ4n) is 1.91. The van der Waals surface area contributed by atoms with Crippen molar-refractivity contribution in [2.75, 3.05) is 6.54 Å². The molecule has 100 valence electrons. The Labute approximate surface area is 122 Å². The van der Waals surface area contributed by atoms with E-state index in [9.17, 15) is 4.79 Å². The van der Waals surface area contributed by atoms with E-state index in [1.54, 1.807) is 0 Å². The zero-order chi connectivity index (χ0) is 12.3. The quantitative estimate of drug-likeness (QED) is 0.900. The van der Waals surface area contributed by atoms with Crippen molar-refractivity contribution in [3.05, 3.63) is 34.3 Å². The molecule has 18 heavy (non-hydrogen) atoms. The minimum atomic E-state index is 0. The minimum Gasteiger partial charge on any atom is -0.335 e. The lowest BCUT2D eigenvalue weighted by atomic mass is 10.2. The zero-order valence-corrected chi connectivity index (χ0v) is 12.5. The molecule has 2 N–H and O–H groups in total. The summed E-state index contributed by atoms with van der Waals surface area (Å²) >= 11 is 3.45. The van der Waals surface area contributed by atoms with Crippen LogP contribution in [0.15, 0.2) is 28.7 Å². The van der Waals surface area contributed by atoms with Crippen LogP contribution in [0.3, 0.4) is 0 Å². The van der Waals surface area contributed by atoms with Crippen molar-refractivity contribution in [2.24, 2.45) is 5.73 Å². The molecular weight excluding hydrogens is 316 g/mol. The van der Waals surface area contributed by atoms with Gasteiger partial charge in [-0.05, 0) is 30.5 Å². The molecule has 1 aliphatic rings. The van der Waals surface area contributed by atoms with Gasteiger partial charge in [-0.25, -0.2) is 0 Å². The van der Waals surface area contributed by atoms with Gasteiger partial charge in [0.25, 0.3) is 0 Å². The highest BCUT2D eigenvalue weighted by Crippen LogP contribution is 2.29. The van der Waals surface area contributed by atoms with Crippen LogP contribution >= 0.6 is 28.3 Å². The summed E-state index contributed by atoms with van der Waals surface area (Å²) in [5.74, 6) is 0.176. The van der Waals surface area contributed by atoms with Crippen LogP contribution in [0.1, 0.15) is 24.8 Å². The molecule has 0 aliphatic heterocycles. The summed E-state index contributed by atoms with van der Waals surface area (Å²) < 4.78 is 1.05. The Balaban J connectivity index is 0.00000162. The molecule has 0 saturated heterocycles. The highest BCUT2D eigenvalue weighted by Gasteiger charge is 2.31. The minimum absolute atomic E-state index is 0. The Bertz CT molecular complexity index is 410. The SMILES string of the molecule is Cl.NCCC(=O)N(Cc1cccc(Br)c1)C1CC1. The van der Waals surface area contributed by atoms with E-state index in [2.05, 4.69) is 28.1 Å². The molecule has 1 saturated carbocycles. The molecule has 5 heteroatoms. The Morgan fingerprint density at radius 2 is 2.17 bits per heavy atom. The molecule has 0 radical (unpaired) electrons. The summed E-state index contributed by atoms with van der Waals surface area (Å²) in [5, 5.41) is 0. The molecule has 0 unspecified atom stereocenters. The number of halogens is 2. The number of hydrogen-bond donors (Lipinski definition) is 1. The van der Waals surface area contributed by atoms with Crippen LogP contribution in [0.5, 0.6) is 0 Å². The third-order valence-corrected chi connectivity index (χ3v) is 3.40. The smallest absolute Gasteiger partial charge is 0.224 e. The molecule has 1 aliphatic carbocycles. The van der Waals surface area contributed by atoms with Crippen LogP contribution in [0, 0.1) is 0 Å². The average molecular weight is 334 g/mol. The van der Waals surface area contributed by atoms with E-state index in [1.807, 2.05) is 17.0 Å². The van der Waals surface area contributed by atoms with Crippen molar-refractivity contribution in [1.82, 2.24) is 4.90 Å². The first-order valence-corrected chi connectivity index (χ1v) is 6.74. The molecule has 0 heterocycles. The highest BCUT2D eigenvalue weighted by molar-refractivity contribution is 9.10. The second-order valence-corrected chi connectivity index (χ2v) is 5.34. The van der Waals surface area contributed by atoms with E-state index >= 15 is 0 Å². The molecule has 1 fully saturated rings. The third kappa shape index (κ3) is 4.26. The molecular formula is C13H18BrClN2O. The Hall–Kier alpha value is -0.580. The molecule has 0 aromatic heterocycles. The summed E-state index contributed by atoms with van der Waals surface area (Å²) in [5.41, 5.74) is 6.61. The first-order valence-electron chi connectivity index (χ1n) is 5.94. The van der Waals surface area contributed by atoms with Gasteiger partial charge < -0.3 is 10.6 Å². The predicted octanol–water partition coefficient (Wildman–Crippen LogP) is 2.71. The van der Waals surface area contributed by atoms with E-state index in [-0.39, 0.29) is 18.3 Å². The lowest BCUT2D eigenvalue weighted by Gasteiger charge is -2.22. The molecule has 2 rings (SSSR count). The number of benzene rings is 1. The van der Waals surface area contributed by atoms with Crippen LogP contribution in [-0.4, -0.2) is 23.4 Å². The van der Waals surface area contributed by atoms with Gasteiger partial charge in [-0.2, -0.15) is 0 Å². The van der Waals surface area contributed by atoms with Gasteiger partial charge in [-0.3, -0.25) is 4.79 Å². The Kier molecular flexibility index (Phi) is 6.12. The normalized spacial score (nSPS) is 13.9. The highest BCUT2D eigenvalue weighted by atomic mass is 79.9. The van der Waals surface area contributed by atoms with Crippen molar-refractivity contribution in [3.8, 4) is 0 Å². The average Bonchev–Trinajstić information content (AvgIpc) is 3.10. The molecule has 0 bridgehead atoms. The van der Waals surface area contributed by atoms with Crippen molar-refractivity contribution < 1.29 is 4.79 Å². The van der Waals surface area contributed by atoms with Crippen molar-refractivity contribution in [2.45, 2.75) is 31.8 Å². The topological polar surface area (TPSA) is 46.3 Å². The van der Waals surface area contributed by atoms with Crippen LogP contribution < -0.4 is 5.73 Å². The molecule has 1 aromatic rings. The van der Waals surface area contributed by atoms with E-state index < -0.39 is 0 Å². The monoisotopic (exact) mass is 332 g/mol. The number of rotatable bonds is 5. The lowest BCUT2D eigenvalue weighted by Crippen LogP contribution is -2.33. The van der Waals surface area contributed by atoms with E-state index in [4.69, 9.17) is 5.73 Å². The van der Waals surface area contributed by atoms with Gasteiger partial charge in [0.05, 0.1) is 0 Å². The van der Waals surface area contributed by atoms with Gasteiger partial charge in [0.15, 0.2) is 0 Å². The van der Waals surface area contributed by atoms with Crippen molar-refractivity contribution in [3.63, 3.8) is 0 Å². The summed E-state index contributed by atoms with van der Waals surface area (Å²) in [4.78, 5) is 13.9. The summed E-state index contributed by atoms with van der Waals surface area (Å²) in [6.45, 7) is 1.13. The number of nitrogens with two attached hydrogens (primary N) is 1. The van der Waals surface area contributed by atoms with Crippen LogP contribution in [0.4, 0.5) is 0 Å². The summed E-state index contributed by atoms with van der Waals surface area (Å²) in [7, 11) is 0. The van der Waals surface area contributed by atoms with Crippen molar-refractivity contribution >= 4 is 34.2 Å². The maximum atomic E-state index is 11.9. The Morgan fingerprint density at radius 3 is 2.72 bits per heavy atom. The molecule has 0 atom stereocenters. The summed E-state index contributed by atoms with van der Waals surface area (Å²) in [6.07, 6.45) is 2.71. The van der Waals surface area contributed by atoms with Gasteiger partial charge in [-0.15, -0.1) is 12.4 Å². The van der Waals surface area contributed by atoms with Gasteiger partial charge in [-0.1, -0.05) is 28.1 Å². The van der Waals surface area contributed by atoms with E-state index in [0.717, 1.165) is 22.9 Å². The largest absolute Gasteiger partial charge is 0.335 e. The maximum absolute atomic E-state index is 11.9. The van der Waals surface area contributed by atoms with E-state index in [0.29, 0.717) is 25.6 Å². The van der Waals surface area contributed by atoms with E-state index in [1.165, 1.54) is 0 Å². The third-order valence-electron chi connectivity index (χ3n) is 2.91. The summed E-state index contributed by atoms with van der Waals surface area (Å²) in [6, 6.07) is 8.54. The first-order chi connectivity index (χ1) is 8.20. The van der Waals surface area contributed by atoms with Gasteiger partial charge in [0, 0.05) is 30.0 Å². The predicted molar refractivity (Wildman–Crippen MR) is 78.6 cm³/mol. The van der Waals surface area contributed by atoms with Gasteiger partial charge >= 0.3 is 0 Å². The molecule has 1 aromatic carbocycles. The second kappa shape index (κ2) is 7.12. The van der Waals surface area contributed by atoms with Crippen LogP contribution in [-0.2, 0) is 11.3 Å². The molecule has 0 spiro atoms. The molecule has 1 amide bonds. The standard InChI is InChI=1S/C13H17BrN2O.ClH/c14-11-3-1-2-10(8-11)9-16(12-4-5-12)13(17)6-7-15;/h1-3,8,12H,4-7,9,15H2;1H. The lowest BCUT2D eigenvalue weighted by molar-refractivity contribution is -0.132. The first kappa shape index (κ1) is 15.5. The number of carbonyl (C=O) groups excluding carboxylic acids is 1. The number of amides is 1. The number of carbonyl (C=O) groups is 1. The number of hydrogen-bond acceptors (Lipinski definition) is 2. The van der Waals surface area contributed by atoms with Crippen LogP contribution in [0.25, 0.3) is 0 Å².